The molecule has 4 nitrogen and oxygen atoms in total. The highest BCUT2D eigenvalue weighted by molar-refractivity contribution is 7.18. The van der Waals surface area contributed by atoms with Gasteiger partial charge in [-0.25, -0.2) is 4.79 Å². The number of ether oxygens (including phenoxy) is 1. The normalized spacial score (nSPS) is 21.5. The van der Waals surface area contributed by atoms with Gasteiger partial charge in [-0.1, -0.05) is 11.6 Å². The highest BCUT2D eigenvalue weighted by Gasteiger charge is 2.45. The highest BCUT2D eigenvalue weighted by Crippen LogP contribution is 2.40. The van der Waals surface area contributed by atoms with E-state index in [0.29, 0.717) is 16.7 Å². The van der Waals surface area contributed by atoms with Crippen LogP contribution in [0.1, 0.15) is 35.4 Å². The number of hydrogen-bond donors (Lipinski definition) is 1. The lowest BCUT2D eigenvalue weighted by atomic mass is 9.95. The zero-order valence-corrected chi connectivity index (χ0v) is 12.1. The third-order valence-corrected chi connectivity index (χ3v) is 5.40. The number of carboxylic acids is 1. The third kappa shape index (κ3) is 2.35. The van der Waals surface area contributed by atoms with Crippen molar-refractivity contribution in [1.29, 1.82) is 0 Å². The van der Waals surface area contributed by atoms with Crippen molar-refractivity contribution in [3.63, 3.8) is 0 Å². The van der Waals surface area contributed by atoms with Gasteiger partial charge in [-0.15, -0.1) is 11.3 Å². The largest absolute Gasteiger partial charge is 0.490 e. The molecule has 0 unspecified atom stereocenters. The van der Waals surface area contributed by atoms with E-state index in [0.717, 1.165) is 37.3 Å². The number of aromatic carboxylic acids is 1. The fourth-order valence-corrected chi connectivity index (χ4v) is 4.27. The molecule has 1 aromatic heterocycles. The first-order valence-electron chi connectivity index (χ1n) is 6.51. The number of thiophene rings is 1. The summed E-state index contributed by atoms with van der Waals surface area (Å²) in [4.78, 5) is 13.8. The van der Waals surface area contributed by atoms with E-state index < -0.39 is 5.97 Å². The van der Waals surface area contributed by atoms with Crippen molar-refractivity contribution in [2.75, 3.05) is 19.7 Å². The Morgan fingerprint density at radius 3 is 2.79 bits per heavy atom. The molecule has 1 N–H and O–H groups in total. The van der Waals surface area contributed by atoms with E-state index in [9.17, 15) is 4.79 Å². The standard InChI is InChI=1S/C13H16ClNO3S/c14-10-7-9(11(19-10)12(16)17)18-8-13-3-1-5-15(13)6-2-4-13/h7H,1-6,8H2,(H,16,17). The fourth-order valence-electron chi connectivity index (χ4n) is 3.28. The summed E-state index contributed by atoms with van der Waals surface area (Å²) < 4.78 is 6.27. The number of carboxylic acid groups (broad SMARTS) is 1. The minimum Gasteiger partial charge on any atom is -0.490 e. The van der Waals surface area contributed by atoms with Crippen LogP contribution in [0.15, 0.2) is 6.07 Å². The number of rotatable bonds is 4. The minimum absolute atomic E-state index is 0.129. The topological polar surface area (TPSA) is 49.8 Å². The second-order valence-corrected chi connectivity index (χ2v) is 6.94. The zero-order chi connectivity index (χ0) is 13.5. The summed E-state index contributed by atoms with van der Waals surface area (Å²) >= 11 is 6.93. The van der Waals surface area contributed by atoms with Gasteiger partial charge in [0.15, 0.2) is 4.88 Å². The molecule has 2 saturated heterocycles. The van der Waals surface area contributed by atoms with Crippen molar-refractivity contribution in [3.05, 3.63) is 15.3 Å². The summed E-state index contributed by atoms with van der Waals surface area (Å²) in [7, 11) is 0. The molecule has 3 heterocycles. The first-order chi connectivity index (χ1) is 9.11. The lowest BCUT2D eigenvalue weighted by Gasteiger charge is -2.31. The van der Waals surface area contributed by atoms with E-state index in [1.165, 1.54) is 12.8 Å². The van der Waals surface area contributed by atoms with Gasteiger partial charge in [0.1, 0.15) is 12.4 Å². The van der Waals surface area contributed by atoms with Crippen LogP contribution in [0, 0.1) is 0 Å². The third-order valence-electron chi connectivity index (χ3n) is 4.17. The van der Waals surface area contributed by atoms with E-state index >= 15 is 0 Å². The molecular weight excluding hydrogens is 286 g/mol. The lowest BCUT2D eigenvalue weighted by Crippen LogP contribution is -2.43. The van der Waals surface area contributed by atoms with Gasteiger partial charge in [0.05, 0.1) is 9.88 Å². The van der Waals surface area contributed by atoms with Crippen LogP contribution in [0.5, 0.6) is 5.75 Å². The summed E-state index contributed by atoms with van der Waals surface area (Å²) in [5.74, 6) is -0.560. The summed E-state index contributed by atoms with van der Waals surface area (Å²) in [6.45, 7) is 2.85. The van der Waals surface area contributed by atoms with Gasteiger partial charge in [0, 0.05) is 6.07 Å². The maximum absolute atomic E-state index is 11.1. The van der Waals surface area contributed by atoms with Crippen LogP contribution in [0.2, 0.25) is 4.34 Å². The zero-order valence-electron chi connectivity index (χ0n) is 10.5. The Bertz CT molecular complexity index is 492. The molecule has 0 aliphatic carbocycles. The van der Waals surface area contributed by atoms with Crippen LogP contribution >= 0.6 is 22.9 Å². The van der Waals surface area contributed by atoms with Gasteiger partial charge < -0.3 is 9.84 Å². The van der Waals surface area contributed by atoms with Gasteiger partial charge in [0.25, 0.3) is 0 Å². The van der Waals surface area contributed by atoms with E-state index in [1.54, 1.807) is 6.07 Å². The van der Waals surface area contributed by atoms with Crippen LogP contribution in [0.4, 0.5) is 0 Å². The first kappa shape index (κ1) is 13.2. The molecule has 19 heavy (non-hydrogen) atoms. The molecule has 0 spiro atoms. The van der Waals surface area contributed by atoms with Crippen molar-refractivity contribution in [1.82, 2.24) is 4.90 Å². The number of fused-ring (bicyclic) bond motifs is 1. The maximum atomic E-state index is 11.1. The second-order valence-electron chi connectivity index (χ2n) is 5.26. The molecule has 6 heteroatoms. The van der Waals surface area contributed by atoms with E-state index in [1.807, 2.05) is 0 Å². The van der Waals surface area contributed by atoms with Crippen LogP contribution in [-0.2, 0) is 0 Å². The van der Waals surface area contributed by atoms with Gasteiger partial charge in [-0.3, -0.25) is 4.90 Å². The highest BCUT2D eigenvalue weighted by atomic mass is 35.5. The summed E-state index contributed by atoms with van der Waals surface area (Å²) in [6, 6.07) is 1.61. The lowest BCUT2D eigenvalue weighted by molar-refractivity contribution is 0.0690. The van der Waals surface area contributed by atoms with Gasteiger partial charge >= 0.3 is 5.97 Å². The van der Waals surface area contributed by atoms with E-state index in [-0.39, 0.29) is 10.4 Å². The van der Waals surface area contributed by atoms with Gasteiger partial charge in [-0.05, 0) is 38.8 Å². The van der Waals surface area contributed by atoms with Crippen LogP contribution in [0.25, 0.3) is 0 Å². The number of nitrogens with zero attached hydrogens (tertiary/aromatic N) is 1. The van der Waals surface area contributed by atoms with Crippen LogP contribution in [-0.4, -0.2) is 41.2 Å². The second kappa shape index (κ2) is 4.96. The van der Waals surface area contributed by atoms with Crippen molar-refractivity contribution in [2.45, 2.75) is 31.2 Å². The van der Waals surface area contributed by atoms with Crippen molar-refractivity contribution in [3.8, 4) is 5.75 Å². The van der Waals surface area contributed by atoms with Crippen molar-refractivity contribution < 1.29 is 14.6 Å². The Labute approximate surface area is 120 Å². The molecule has 104 valence electrons. The molecule has 0 aromatic carbocycles. The summed E-state index contributed by atoms with van der Waals surface area (Å²) in [6.07, 6.45) is 4.71. The average Bonchev–Trinajstić information content (AvgIpc) is 2.98. The fraction of sp³-hybridized carbons (Fsp3) is 0.615. The number of halogens is 1. The Morgan fingerprint density at radius 2 is 2.16 bits per heavy atom. The maximum Gasteiger partial charge on any atom is 0.349 e. The molecule has 0 bridgehead atoms. The quantitative estimate of drug-likeness (QED) is 0.928. The predicted molar refractivity (Wildman–Crippen MR) is 74.6 cm³/mol. The Kier molecular flexibility index (Phi) is 3.45. The molecule has 0 radical (unpaired) electrons. The predicted octanol–water partition coefficient (Wildman–Crippen LogP) is 3.11. The molecule has 2 aliphatic rings. The molecule has 0 atom stereocenters. The molecule has 2 fully saturated rings. The van der Waals surface area contributed by atoms with E-state index in [2.05, 4.69) is 4.90 Å². The number of carbonyl (C=O) groups is 1. The van der Waals surface area contributed by atoms with Crippen molar-refractivity contribution >= 4 is 28.9 Å². The molecule has 3 rings (SSSR count). The summed E-state index contributed by atoms with van der Waals surface area (Å²) in [5.41, 5.74) is 0.129. The van der Waals surface area contributed by atoms with Gasteiger partial charge in [-0.2, -0.15) is 0 Å². The van der Waals surface area contributed by atoms with Crippen LogP contribution in [0.3, 0.4) is 0 Å². The van der Waals surface area contributed by atoms with Gasteiger partial charge in [0.2, 0.25) is 0 Å². The Balaban J connectivity index is 1.74. The molecule has 0 amide bonds. The monoisotopic (exact) mass is 301 g/mol. The SMILES string of the molecule is O=C(O)c1sc(Cl)cc1OCC12CCCN1CCC2. The van der Waals surface area contributed by atoms with Crippen molar-refractivity contribution in [2.24, 2.45) is 0 Å². The number of hydrogen-bond acceptors (Lipinski definition) is 4. The average molecular weight is 302 g/mol. The smallest absolute Gasteiger partial charge is 0.349 e. The Morgan fingerprint density at radius 1 is 1.47 bits per heavy atom. The molecular formula is C13H16ClNO3S. The van der Waals surface area contributed by atoms with E-state index in [4.69, 9.17) is 21.4 Å². The summed E-state index contributed by atoms with van der Waals surface area (Å²) in [5, 5.41) is 9.12. The molecule has 0 saturated carbocycles. The molecule has 1 aromatic rings. The minimum atomic E-state index is -0.973. The van der Waals surface area contributed by atoms with Crippen LogP contribution < -0.4 is 4.74 Å². The first-order valence-corrected chi connectivity index (χ1v) is 7.71. The molecule has 2 aliphatic heterocycles. The Hall–Kier alpha value is -0.780.